The molecule has 0 aliphatic carbocycles. The van der Waals surface area contributed by atoms with Crippen molar-refractivity contribution in [2.24, 2.45) is 0 Å². The van der Waals surface area contributed by atoms with Crippen molar-refractivity contribution in [3.63, 3.8) is 0 Å². The average Bonchev–Trinajstić information content (AvgIpc) is 2.84. The fraction of sp³-hybridized carbons (Fsp3) is 0.214. The summed E-state index contributed by atoms with van der Waals surface area (Å²) >= 11 is 3.18. The summed E-state index contributed by atoms with van der Waals surface area (Å²) in [6, 6.07) is 13.0. The number of aliphatic carboxylic acids is 1. The predicted molar refractivity (Wildman–Crippen MR) is 74.7 cm³/mol. The normalized spacial score (nSPS) is 14.0. The summed E-state index contributed by atoms with van der Waals surface area (Å²) in [5.74, 6) is -0.618. The highest BCUT2D eigenvalue weighted by molar-refractivity contribution is 9.10. The van der Waals surface area contributed by atoms with E-state index in [-0.39, 0.29) is 0 Å². The van der Waals surface area contributed by atoms with Crippen molar-refractivity contribution in [2.75, 3.05) is 0 Å². The lowest BCUT2D eigenvalue weighted by Gasteiger charge is -2.24. The summed E-state index contributed by atoms with van der Waals surface area (Å²) in [7, 11) is 0. The topological polar surface area (TPSA) is 62.5 Å². The second-order valence-corrected chi connectivity index (χ2v) is 5.15. The molecule has 0 aliphatic heterocycles. The number of benzene rings is 1. The highest BCUT2D eigenvalue weighted by atomic mass is 79.9. The van der Waals surface area contributed by atoms with E-state index in [1.54, 1.807) is 19.1 Å². The first-order valence-electron chi connectivity index (χ1n) is 5.80. The van der Waals surface area contributed by atoms with Crippen LogP contribution in [-0.4, -0.2) is 11.1 Å². The number of hydrogen-bond acceptors (Lipinski definition) is 3. The van der Waals surface area contributed by atoms with Gasteiger partial charge in [0, 0.05) is 6.54 Å². The molecule has 1 aromatic heterocycles. The first kappa shape index (κ1) is 13.8. The number of nitrogens with one attached hydrogen (secondary N) is 1. The van der Waals surface area contributed by atoms with Gasteiger partial charge in [0.05, 0.1) is 0 Å². The summed E-state index contributed by atoms with van der Waals surface area (Å²) in [4.78, 5) is 11.5. The minimum absolute atomic E-state index is 0.364. The molecule has 19 heavy (non-hydrogen) atoms. The van der Waals surface area contributed by atoms with Gasteiger partial charge in [-0.3, -0.25) is 5.32 Å². The third-order valence-corrected chi connectivity index (χ3v) is 3.41. The Labute approximate surface area is 119 Å². The van der Waals surface area contributed by atoms with Crippen LogP contribution < -0.4 is 5.32 Å². The van der Waals surface area contributed by atoms with Crippen LogP contribution in [0.25, 0.3) is 0 Å². The van der Waals surface area contributed by atoms with Crippen molar-refractivity contribution in [2.45, 2.75) is 19.0 Å². The van der Waals surface area contributed by atoms with E-state index in [0.29, 0.717) is 17.0 Å². The van der Waals surface area contributed by atoms with Gasteiger partial charge in [-0.05, 0) is 40.5 Å². The third kappa shape index (κ3) is 3.05. The van der Waals surface area contributed by atoms with Crippen LogP contribution in [-0.2, 0) is 16.9 Å². The summed E-state index contributed by atoms with van der Waals surface area (Å²) in [5.41, 5.74) is -0.248. The lowest BCUT2D eigenvalue weighted by atomic mass is 9.98. The van der Waals surface area contributed by atoms with Gasteiger partial charge in [-0.1, -0.05) is 30.3 Å². The molecule has 5 heteroatoms. The molecule has 0 aliphatic rings. The number of furan rings is 1. The third-order valence-electron chi connectivity index (χ3n) is 2.98. The van der Waals surface area contributed by atoms with Crippen molar-refractivity contribution in [1.29, 1.82) is 0 Å². The molecule has 2 rings (SSSR count). The summed E-state index contributed by atoms with van der Waals surface area (Å²) in [6.07, 6.45) is 0. The molecule has 4 nitrogen and oxygen atoms in total. The van der Waals surface area contributed by atoms with Crippen LogP contribution in [0.3, 0.4) is 0 Å². The lowest BCUT2D eigenvalue weighted by molar-refractivity contribution is -0.145. The molecule has 0 bridgehead atoms. The Kier molecular flexibility index (Phi) is 4.07. The molecule has 0 fully saturated rings. The maximum absolute atomic E-state index is 11.5. The van der Waals surface area contributed by atoms with Gasteiger partial charge < -0.3 is 9.52 Å². The minimum atomic E-state index is -1.26. The number of carboxylic acids is 1. The van der Waals surface area contributed by atoms with Gasteiger partial charge in [0.25, 0.3) is 0 Å². The van der Waals surface area contributed by atoms with Crippen molar-refractivity contribution in [3.8, 4) is 0 Å². The molecule has 1 unspecified atom stereocenters. The van der Waals surface area contributed by atoms with Crippen LogP contribution in [0.2, 0.25) is 0 Å². The van der Waals surface area contributed by atoms with E-state index in [2.05, 4.69) is 21.2 Å². The van der Waals surface area contributed by atoms with Crippen LogP contribution in [0.1, 0.15) is 18.2 Å². The molecule has 0 amide bonds. The number of carbonyl (C=O) groups is 1. The first-order chi connectivity index (χ1) is 9.02. The van der Waals surface area contributed by atoms with Crippen LogP contribution in [0.15, 0.2) is 51.6 Å². The zero-order valence-corrected chi connectivity index (χ0v) is 12.0. The van der Waals surface area contributed by atoms with Crippen molar-refractivity contribution in [1.82, 2.24) is 5.32 Å². The Morgan fingerprint density at radius 1 is 1.32 bits per heavy atom. The fourth-order valence-electron chi connectivity index (χ4n) is 1.73. The standard InChI is InChI=1S/C14H14BrNO3/c1-14(13(17)18,11-7-8-12(15)19-11)16-9-10-5-3-2-4-6-10/h2-8,16H,9H2,1H3,(H,17,18). The van der Waals surface area contributed by atoms with E-state index in [9.17, 15) is 9.90 Å². The molecular formula is C14H14BrNO3. The van der Waals surface area contributed by atoms with Gasteiger partial charge in [-0.25, -0.2) is 4.79 Å². The number of hydrogen-bond donors (Lipinski definition) is 2. The summed E-state index contributed by atoms with van der Waals surface area (Å²) in [6.45, 7) is 2.03. The van der Waals surface area contributed by atoms with E-state index < -0.39 is 11.5 Å². The minimum Gasteiger partial charge on any atom is -0.480 e. The van der Waals surface area contributed by atoms with Gasteiger partial charge in [0.1, 0.15) is 5.76 Å². The first-order valence-corrected chi connectivity index (χ1v) is 6.60. The van der Waals surface area contributed by atoms with Crippen molar-refractivity contribution in [3.05, 3.63) is 58.5 Å². The van der Waals surface area contributed by atoms with Crippen molar-refractivity contribution < 1.29 is 14.3 Å². The predicted octanol–water partition coefficient (Wildman–Crippen LogP) is 3.13. The molecule has 1 heterocycles. The second kappa shape index (κ2) is 5.59. The van der Waals surface area contributed by atoms with Gasteiger partial charge >= 0.3 is 5.97 Å². The molecular weight excluding hydrogens is 310 g/mol. The summed E-state index contributed by atoms with van der Waals surface area (Å²) in [5, 5.41) is 12.5. The molecule has 0 radical (unpaired) electrons. The molecule has 1 atom stereocenters. The van der Waals surface area contributed by atoms with E-state index in [1.807, 2.05) is 30.3 Å². The van der Waals surface area contributed by atoms with Crippen LogP contribution in [0, 0.1) is 0 Å². The number of carboxylic acid groups (broad SMARTS) is 1. The van der Waals surface area contributed by atoms with E-state index in [0.717, 1.165) is 5.56 Å². The van der Waals surface area contributed by atoms with Crippen LogP contribution in [0.5, 0.6) is 0 Å². The Morgan fingerprint density at radius 2 is 2.00 bits per heavy atom. The van der Waals surface area contributed by atoms with E-state index in [1.165, 1.54) is 0 Å². The van der Waals surface area contributed by atoms with Crippen LogP contribution >= 0.6 is 15.9 Å². The maximum atomic E-state index is 11.5. The van der Waals surface area contributed by atoms with Crippen LogP contribution in [0.4, 0.5) is 0 Å². The quantitative estimate of drug-likeness (QED) is 0.887. The van der Waals surface area contributed by atoms with Crippen molar-refractivity contribution >= 4 is 21.9 Å². The SMILES string of the molecule is CC(NCc1ccccc1)(C(=O)O)c1ccc(Br)o1. The van der Waals surface area contributed by atoms with Gasteiger partial charge in [-0.2, -0.15) is 0 Å². The highest BCUT2D eigenvalue weighted by Gasteiger charge is 2.37. The average molecular weight is 324 g/mol. The molecule has 0 spiro atoms. The molecule has 100 valence electrons. The molecule has 1 aromatic carbocycles. The number of rotatable bonds is 5. The number of halogens is 1. The molecule has 2 aromatic rings. The Hall–Kier alpha value is -1.59. The Bertz CT molecular complexity index is 567. The molecule has 0 saturated carbocycles. The fourth-order valence-corrected chi connectivity index (χ4v) is 2.03. The van der Waals surface area contributed by atoms with Gasteiger partial charge in [-0.15, -0.1) is 0 Å². The molecule has 0 saturated heterocycles. The largest absolute Gasteiger partial charge is 0.480 e. The van der Waals surface area contributed by atoms with E-state index >= 15 is 0 Å². The zero-order valence-electron chi connectivity index (χ0n) is 10.4. The van der Waals surface area contributed by atoms with E-state index in [4.69, 9.17) is 4.42 Å². The molecule has 2 N–H and O–H groups in total. The monoisotopic (exact) mass is 323 g/mol. The van der Waals surface area contributed by atoms with Gasteiger partial charge in [0.2, 0.25) is 0 Å². The highest BCUT2D eigenvalue weighted by Crippen LogP contribution is 2.26. The summed E-state index contributed by atoms with van der Waals surface area (Å²) < 4.78 is 5.88. The lowest BCUT2D eigenvalue weighted by Crippen LogP contribution is -2.46. The van der Waals surface area contributed by atoms with Gasteiger partial charge in [0.15, 0.2) is 10.2 Å². The Morgan fingerprint density at radius 3 is 2.53 bits per heavy atom. The smallest absolute Gasteiger partial charge is 0.331 e. The maximum Gasteiger partial charge on any atom is 0.331 e. The second-order valence-electron chi connectivity index (χ2n) is 4.37. The zero-order chi connectivity index (χ0) is 13.9. The Balaban J connectivity index is 2.19.